The fourth-order valence-electron chi connectivity index (χ4n) is 4.28. The SMILES string of the molecule is CC1CC(C)CC(c2noc(CCC(=O)NC3CCCC3)n2)C1. The average molecular weight is 319 g/mol. The van der Waals surface area contributed by atoms with Crippen LogP contribution in [-0.4, -0.2) is 22.1 Å². The second-order valence-electron chi connectivity index (χ2n) is 7.71. The fraction of sp³-hybridized carbons (Fsp3) is 0.833. The summed E-state index contributed by atoms with van der Waals surface area (Å²) >= 11 is 0. The molecule has 1 N–H and O–H groups in total. The van der Waals surface area contributed by atoms with Gasteiger partial charge in [-0.1, -0.05) is 31.8 Å². The average Bonchev–Trinajstić information content (AvgIpc) is 3.15. The summed E-state index contributed by atoms with van der Waals surface area (Å²) in [5.74, 6) is 3.42. The van der Waals surface area contributed by atoms with Crippen molar-refractivity contribution in [2.45, 2.75) is 83.6 Å². The van der Waals surface area contributed by atoms with Crippen molar-refractivity contribution in [1.82, 2.24) is 15.5 Å². The topological polar surface area (TPSA) is 68.0 Å². The van der Waals surface area contributed by atoms with Gasteiger partial charge in [0.2, 0.25) is 11.8 Å². The van der Waals surface area contributed by atoms with E-state index in [0.717, 1.165) is 43.3 Å². The Hall–Kier alpha value is -1.39. The van der Waals surface area contributed by atoms with Gasteiger partial charge in [-0.15, -0.1) is 0 Å². The molecule has 1 aromatic rings. The van der Waals surface area contributed by atoms with Crippen LogP contribution in [0.2, 0.25) is 0 Å². The van der Waals surface area contributed by atoms with Gasteiger partial charge in [-0.05, 0) is 43.9 Å². The molecule has 2 atom stereocenters. The van der Waals surface area contributed by atoms with Crippen LogP contribution in [0.3, 0.4) is 0 Å². The zero-order chi connectivity index (χ0) is 16.2. The molecule has 1 aromatic heterocycles. The molecule has 23 heavy (non-hydrogen) atoms. The predicted molar refractivity (Wildman–Crippen MR) is 87.9 cm³/mol. The fourth-order valence-corrected chi connectivity index (χ4v) is 4.28. The van der Waals surface area contributed by atoms with Gasteiger partial charge in [0.25, 0.3) is 0 Å². The lowest BCUT2D eigenvalue weighted by Crippen LogP contribution is -2.32. The molecule has 1 amide bonds. The van der Waals surface area contributed by atoms with Gasteiger partial charge >= 0.3 is 0 Å². The van der Waals surface area contributed by atoms with E-state index in [9.17, 15) is 4.79 Å². The number of carbonyl (C=O) groups excluding carboxylic acids is 1. The van der Waals surface area contributed by atoms with Crippen molar-refractivity contribution in [2.24, 2.45) is 11.8 Å². The van der Waals surface area contributed by atoms with Crippen molar-refractivity contribution < 1.29 is 9.32 Å². The largest absolute Gasteiger partial charge is 0.353 e. The second-order valence-corrected chi connectivity index (χ2v) is 7.71. The standard InChI is InChI=1S/C18H29N3O2/c1-12-9-13(2)11-14(10-12)18-20-17(23-21-18)8-7-16(22)19-15-5-3-4-6-15/h12-15H,3-11H2,1-2H3,(H,19,22). The van der Waals surface area contributed by atoms with E-state index in [2.05, 4.69) is 29.3 Å². The molecular weight excluding hydrogens is 290 g/mol. The van der Waals surface area contributed by atoms with E-state index >= 15 is 0 Å². The molecule has 1 heterocycles. The van der Waals surface area contributed by atoms with Crippen molar-refractivity contribution in [3.8, 4) is 0 Å². The Morgan fingerprint density at radius 1 is 1.17 bits per heavy atom. The highest BCUT2D eigenvalue weighted by molar-refractivity contribution is 5.76. The van der Waals surface area contributed by atoms with Gasteiger partial charge in [0, 0.05) is 24.8 Å². The molecule has 0 saturated heterocycles. The molecule has 3 rings (SSSR count). The minimum Gasteiger partial charge on any atom is -0.353 e. The van der Waals surface area contributed by atoms with Crippen molar-refractivity contribution in [3.63, 3.8) is 0 Å². The summed E-state index contributed by atoms with van der Waals surface area (Å²) in [6.07, 6.45) is 9.27. The number of nitrogens with one attached hydrogen (secondary N) is 1. The quantitative estimate of drug-likeness (QED) is 0.900. The first-order valence-corrected chi connectivity index (χ1v) is 9.22. The summed E-state index contributed by atoms with van der Waals surface area (Å²) in [7, 11) is 0. The molecule has 2 unspecified atom stereocenters. The van der Waals surface area contributed by atoms with E-state index < -0.39 is 0 Å². The highest BCUT2D eigenvalue weighted by atomic mass is 16.5. The number of rotatable bonds is 5. The Kier molecular flexibility index (Phi) is 5.34. The molecule has 128 valence electrons. The van der Waals surface area contributed by atoms with Crippen LogP contribution >= 0.6 is 0 Å². The smallest absolute Gasteiger partial charge is 0.227 e. The third-order valence-corrected chi connectivity index (χ3v) is 5.31. The van der Waals surface area contributed by atoms with Gasteiger partial charge in [-0.2, -0.15) is 4.98 Å². The van der Waals surface area contributed by atoms with E-state index in [1.165, 1.54) is 19.3 Å². The highest BCUT2D eigenvalue weighted by Gasteiger charge is 2.28. The van der Waals surface area contributed by atoms with Gasteiger partial charge in [0.1, 0.15) is 0 Å². The Morgan fingerprint density at radius 3 is 2.57 bits per heavy atom. The molecule has 5 heteroatoms. The van der Waals surface area contributed by atoms with Crippen molar-refractivity contribution in [1.29, 1.82) is 0 Å². The Balaban J connectivity index is 1.48. The Labute approximate surface area is 138 Å². The number of carbonyl (C=O) groups is 1. The first-order valence-electron chi connectivity index (χ1n) is 9.22. The molecule has 5 nitrogen and oxygen atoms in total. The summed E-state index contributed by atoms with van der Waals surface area (Å²) in [6, 6.07) is 0.381. The third kappa shape index (κ3) is 4.55. The zero-order valence-corrected chi connectivity index (χ0v) is 14.4. The van der Waals surface area contributed by atoms with Crippen LogP contribution in [0.25, 0.3) is 0 Å². The highest BCUT2D eigenvalue weighted by Crippen LogP contribution is 2.37. The van der Waals surface area contributed by atoms with Crippen molar-refractivity contribution in [2.75, 3.05) is 0 Å². The molecule has 0 spiro atoms. The van der Waals surface area contributed by atoms with Gasteiger partial charge in [0.15, 0.2) is 5.82 Å². The van der Waals surface area contributed by atoms with Crippen molar-refractivity contribution in [3.05, 3.63) is 11.7 Å². The normalized spacial score (nSPS) is 28.9. The number of nitrogens with zero attached hydrogens (tertiary/aromatic N) is 2. The molecule has 0 aliphatic heterocycles. The molecular formula is C18H29N3O2. The lowest BCUT2D eigenvalue weighted by molar-refractivity contribution is -0.121. The van der Waals surface area contributed by atoms with Gasteiger partial charge in [-0.3, -0.25) is 4.79 Å². The van der Waals surface area contributed by atoms with Crippen molar-refractivity contribution >= 4 is 5.91 Å². The molecule has 0 aromatic carbocycles. The van der Waals surface area contributed by atoms with Crippen LogP contribution in [0, 0.1) is 11.8 Å². The first-order chi connectivity index (χ1) is 11.1. The van der Waals surface area contributed by atoms with Gasteiger partial charge in [-0.25, -0.2) is 0 Å². The summed E-state index contributed by atoms with van der Waals surface area (Å²) in [6.45, 7) is 4.61. The van der Waals surface area contributed by atoms with E-state index in [1.54, 1.807) is 0 Å². The van der Waals surface area contributed by atoms with Crippen LogP contribution in [-0.2, 0) is 11.2 Å². The molecule has 2 aliphatic rings. The van der Waals surface area contributed by atoms with E-state index in [4.69, 9.17) is 4.52 Å². The maximum Gasteiger partial charge on any atom is 0.227 e. The number of hydrogen-bond acceptors (Lipinski definition) is 4. The molecule has 0 bridgehead atoms. The van der Waals surface area contributed by atoms with Crippen LogP contribution < -0.4 is 5.32 Å². The third-order valence-electron chi connectivity index (χ3n) is 5.31. The predicted octanol–water partition coefficient (Wildman–Crippen LogP) is 3.60. The summed E-state index contributed by atoms with van der Waals surface area (Å²) in [5.41, 5.74) is 0. The number of aryl methyl sites for hydroxylation is 1. The number of hydrogen-bond donors (Lipinski definition) is 1. The second kappa shape index (κ2) is 7.45. The zero-order valence-electron chi connectivity index (χ0n) is 14.4. The van der Waals surface area contributed by atoms with E-state index in [0.29, 0.717) is 30.7 Å². The molecule has 2 fully saturated rings. The van der Waals surface area contributed by atoms with E-state index in [-0.39, 0.29) is 5.91 Å². The van der Waals surface area contributed by atoms with Crippen LogP contribution in [0.15, 0.2) is 4.52 Å². The maximum absolute atomic E-state index is 12.0. The van der Waals surface area contributed by atoms with E-state index in [1.807, 2.05) is 0 Å². The Morgan fingerprint density at radius 2 is 1.87 bits per heavy atom. The lowest BCUT2D eigenvalue weighted by atomic mass is 9.76. The van der Waals surface area contributed by atoms with Crippen LogP contribution in [0.4, 0.5) is 0 Å². The summed E-state index contributed by atoms with van der Waals surface area (Å²) < 4.78 is 5.37. The summed E-state index contributed by atoms with van der Waals surface area (Å²) in [5, 5.41) is 7.27. The van der Waals surface area contributed by atoms with Gasteiger partial charge < -0.3 is 9.84 Å². The van der Waals surface area contributed by atoms with Crippen LogP contribution in [0.1, 0.15) is 82.8 Å². The monoisotopic (exact) mass is 319 g/mol. The molecule has 0 radical (unpaired) electrons. The van der Waals surface area contributed by atoms with Crippen LogP contribution in [0.5, 0.6) is 0 Å². The minimum absolute atomic E-state index is 0.108. The lowest BCUT2D eigenvalue weighted by Gasteiger charge is -2.29. The number of aromatic nitrogens is 2. The minimum atomic E-state index is 0.108. The first kappa shape index (κ1) is 16.5. The maximum atomic E-state index is 12.0. The molecule has 2 aliphatic carbocycles. The summed E-state index contributed by atoms with van der Waals surface area (Å²) in [4.78, 5) is 16.5. The Bertz CT molecular complexity index is 512. The van der Waals surface area contributed by atoms with Gasteiger partial charge in [0.05, 0.1) is 0 Å². The number of amides is 1. The molecule has 2 saturated carbocycles.